The highest BCUT2D eigenvalue weighted by molar-refractivity contribution is 5.51. The van der Waals surface area contributed by atoms with Crippen molar-refractivity contribution in [3.05, 3.63) is 85.5 Å². The smallest absolute Gasteiger partial charge is 0.451 e. The molecular formula is C31H25F10N8O4-. The third-order valence-electron chi connectivity index (χ3n) is 6.03. The molecule has 4 rings (SSSR count). The summed E-state index contributed by atoms with van der Waals surface area (Å²) in [7, 11) is 1.65. The maximum atomic E-state index is 14.2. The molecule has 0 fully saturated rings. The summed E-state index contributed by atoms with van der Waals surface area (Å²) in [5.74, 6) is -2.49. The maximum absolute atomic E-state index is 14.2. The number of alkyl halides is 6. The molecule has 0 aliphatic rings. The molecular weight excluding hydrogens is 738 g/mol. The van der Waals surface area contributed by atoms with Gasteiger partial charge in [0, 0.05) is 26.2 Å². The van der Waals surface area contributed by atoms with Crippen LogP contribution in [0, 0.1) is 64.8 Å². The fraction of sp³-hybridized carbons (Fsp3) is 0.290. The van der Waals surface area contributed by atoms with Crippen molar-refractivity contribution >= 4 is 0 Å². The Morgan fingerprint density at radius 2 is 1.13 bits per heavy atom. The van der Waals surface area contributed by atoms with E-state index < -0.39 is 82.0 Å². The lowest BCUT2D eigenvalue weighted by Crippen LogP contribution is -3.00. The Balaban J connectivity index is 0.000000884. The number of aliphatic hydroxyl groups excluding tert-OH is 1. The number of terminal acetylenes is 2. The molecule has 0 radical (unpaired) electrons. The Kier molecular flexibility index (Phi) is 15.9. The number of aromatic nitrogens is 6. The first-order valence-corrected chi connectivity index (χ1v) is 13.4. The van der Waals surface area contributed by atoms with Gasteiger partial charge in [0.15, 0.2) is 17.7 Å². The number of hydrogen-bond acceptors (Lipinski definition) is 8. The fourth-order valence-corrected chi connectivity index (χ4v) is 3.58. The first-order chi connectivity index (χ1) is 23.5. The molecule has 0 spiro atoms. The summed E-state index contributed by atoms with van der Waals surface area (Å²) < 4.78 is 124. The van der Waals surface area contributed by atoms with Crippen LogP contribution in [0.25, 0.3) is 11.4 Å². The van der Waals surface area contributed by atoms with E-state index in [-0.39, 0.29) is 41.9 Å². The van der Waals surface area contributed by atoms with Gasteiger partial charge in [-0.15, -0.1) is 23.0 Å². The van der Waals surface area contributed by atoms with Crippen molar-refractivity contribution in [2.24, 2.45) is 14.1 Å². The van der Waals surface area contributed by atoms with Crippen molar-refractivity contribution in [2.75, 3.05) is 0 Å². The highest BCUT2D eigenvalue weighted by atomic mass is 19.4. The molecule has 2 heterocycles. The van der Waals surface area contributed by atoms with Crippen LogP contribution in [0.5, 0.6) is 5.75 Å². The predicted octanol–water partition coefficient (Wildman–Crippen LogP) is 1.38. The summed E-state index contributed by atoms with van der Waals surface area (Å²) in [5.41, 5.74) is -4.81. The van der Waals surface area contributed by atoms with Crippen molar-refractivity contribution in [2.45, 2.75) is 45.8 Å². The quantitative estimate of drug-likeness (QED) is 0.242. The van der Waals surface area contributed by atoms with E-state index in [1.807, 2.05) is 0 Å². The molecule has 0 bridgehead atoms. The van der Waals surface area contributed by atoms with Gasteiger partial charge in [-0.3, -0.25) is 9.13 Å². The van der Waals surface area contributed by atoms with Crippen LogP contribution in [0.4, 0.5) is 39.5 Å². The van der Waals surface area contributed by atoms with Gasteiger partial charge in [-0.05, 0) is 26.0 Å². The van der Waals surface area contributed by atoms with Gasteiger partial charge in [0.05, 0.1) is 11.1 Å². The van der Waals surface area contributed by atoms with Gasteiger partial charge >= 0.3 is 23.7 Å². The SMILES string of the molecule is C.C#CC(C)O.C#CC(C)Oc1cc(-n2nc(C(F)(F)F)n(C)c2=O)c(F)cc1C#N.Cn1c(C(F)(F)F)nn(-c2cc(F)c(C#N)cc2F)c1=O.[F-]. The molecule has 0 amide bonds. The van der Waals surface area contributed by atoms with Crippen LogP contribution in [-0.2, 0) is 26.4 Å². The highest BCUT2D eigenvalue weighted by Gasteiger charge is 2.39. The van der Waals surface area contributed by atoms with E-state index in [1.165, 1.54) is 13.0 Å². The molecule has 22 heteroatoms. The zero-order valence-corrected chi connectivity index (χ0v) is 26.6. The van der Waals surface area contributed by atoms with Crippen molar-refractivity contribution in [1.82, 2.24) is 28.7 Å². The monoisotopic (exact) mass is 763 g/mol. The van der Waals surface area contributed by atoms with Gasteiger partial charge < -0.3 is 14.5 Å². The van der Waals surface area contributed by atoms with Gasteiger partial charge in [-0.25, -0.2) is 22.8 Å². The predicted molar refractivity (Wildman–Crippen MR) is 163 cm³/mol. The fourth-order valence-electron chi connectivity index (χ4n) is 3.58. The first kappa shape index (κ1) is 46.5. The van der Waals surface area contributed by atoms with Crippen LogP contribution in [0.1, 0.15) is 44.0 Å². The summed E-state index contributed by atoms with van der Waals surface area (Å²) in [6, 6.07) is 5.56. The molecule has 0 saturated carbocycles. The topological polar surface area (TPSA) is 157 Å². The van der Waals surface area contributed by atoms with E-state index >= 15 is 0 Å². The molecule has 53 heavy (non-hydrogen) atoms. The van der Waals surface area contributed by atoms with E-state index in [2.05, 4.69) is 28.5 Å². The minimum Gasteiger partial charge on any atom is -1.00 e. The van der Waals surface area contributed by atoms with E-state index in [1.54, 1.807) is 13.0 Å². The third-order valence-corrected chi connectivity index (χ3v) is 6.03. The Hall–Kier alpha value is -6.52. The van der Waals surface area contributed by atoms with Crippen LogP contribution in [0.2, 0.25) is 0 Å². The zero-order valence-electron chi connectivity index (χ0n) is 26.6. The Morgan fingerprint density at radius 1 is 0.755 bits per heavy atom. The lowest BCUT2D eigenvalue weighted by molar-refractivity contribution is -0.148. The van der Waals surface area contributed by atoms with Gasteiger partial charge in [0.2, 0.25) is 11.6 Å². The number of nitriles is 2. The highest BCUT2D eigenvalue weighted by Crippen LogP contribution is 2.29. The van der Waals surface area contributed by atoms with Gasteiger partial charge in [-0.2, -0.15) is 46.2 Å². The minimum absolute atomic E-state index is 0. The molecule has 2 aromatic carbocycles. The Labute approximate surface area is 292 Å². The zero-order chi connectivity index (χ0) is 39.2. The molecule has 0 saturated heterocycles. The Morgan fingerprint density at radius 3 is 1.45 bits per heavy atom. The normalized spacial score (nSPS) is 11.6. The Bertz CT molecular complexity index is 2220. The summed E-state index contributed by atoms with van der Waals surface area (Å²) in [5, 5.41) is 31.8. The molecule has 2 atom stereocenters. The average Bonchev–Trinajstić information content (AvgIpc) is 3.53. The molecule has 1 N–H and O–H groups in total. The van der Waals surface area contributed by atoms with Crippen LogP contribution in [0.15, 0.2) is 33.9 Å². The number of hydrogen-bond donors (Lipinski definition) is 1. The lowest BCUT2D eigenvalue weighted by atomic mass is 10.2. The number of nitrogens with zero attached hydrogens (tertiary/aromatic N) is 8. The largest absolute Gasteiger partial charge is 1.00 e. The number of halogens is 10. The van der Waals surface area contributed by atoms with E-state index in [0.717, 1.165) is 26.2 Å². The standard InChI is InChI=1S/C15H10F4N4O2.C11H5F5N4O.C4H6O.CH4.FH/c1-4-8(2)25-12-6-11(10(16)5-9(12)7-20)23-14(24)22(3)13(21-23)15(17,18)19;1-19-9(11(14,15)16)18-20(10(19)21)8-3-6(12)5(4-17)2-7(8)13;1-3-4(2)5;;/h1,5-6,8H,2-3H3;2-3H,1H3;1,4-5H,2H3;1H4;1H/p-1. The van der Waals surface area contributed by atoms with E-state index in [0.29, 0.717) is 12.1 Å². The molecule has 2 unspecified atom stereocenters. The molecule has 12 nitrogen and oxygen atoms in total. The molecule has 4 aromatic rings. The third kappa shape index (κ3) is 10.7. The number of rotatable bonds is 4. The summed E-state index contributed by atoms with van der Waals surface area (Å²) >= 11 is 0. The van der Waals surface area contributed by atoms with Gasteiger partial charge in [-0.1, -0.05) is 19.3 Å². The van der Waals surface area contributed by atoms with Crippen LogP contribution < -0.4 is 20.8 Å². The number of aliphatic hydroxyl groups is 1. The second kappa shape index (κ2) is 18.1. The summed E-state index contributed by atoms with van der Waals surface area (Å²) in [6.45, 7) is 3.01. The van der Waals surface area contributed by atoms with Crippen molar-refractivity contribution in [1.29, 1.82) is 10.5 Å². The van der Waals surface area contributed by atoms with Crippen LogP contribution in [-0.4, -0.2) is 46.0 Å². The maximum Gasteiger partial charge on any atom is 0.451 e. The first-order valence-electron chi connectivity index (χ1n) is 13.4. The van der Waals surface area contributed by atoms with Gasteiger partial charge in [0.25, 0.3) is 0 Å². The van der Waals surface area contributed by atoms with Crippen molar-refractivity contribution in [3.8, 4) is 54.0 Å². The number of benzene rings is 2. The minimum atomic E-state index is -4.93. The second-order valence-electron chi connectivity index (χ2n) is 9.73. The van der Waals surface area contributed by atoms with Crippen molar-refractivity contribution < 1.29 is 54.1 Å². The van der Waals surface area contributed by atoms with Gasteiger partial charge in [0.1, 0.15) is 41.2 Å². The second-order valence-corrected chi connectivity index (χ2v) is 9.73. The summed E-state index contributed by atoms with van der Waals surface area (Å²) in [4.78, 5) is 23.7. The van der Waals surface area contributed by atoms with Crippen LogP contribution >= 0.6 is 0 Å². The molecule has 0 aliphatic heterocycles. The molecule has 284 valence electrons. The summed E-state index contributed by atoms with van der Waals surface area (Å²) in [6.07, 6.45) is -1.39. The van der Waals surface area contributed by atoms with Crippen molar-refractivity contribution in [3.63, 3.8) is 0 Å². The molecule has 2 aromatic heterocycles. The van der Waals surface area contributed by atoms with E-state index in [9.17, 15) is 49.1 Å². The lowest BCUT2D eigenvalue weighted by Gasteiger charge is -2.12. The number of ether oxygens (including phenoxy) is 1. The van der Waals surface area contributed by atoms with E-state index in [4.69, 9.17) is 26.8 Å². The van der Waals surface area contributed by atoms with Crippen LogP contribution in [0.3, 0.4) is 0 Å². The average molecular weight is 764 g/mol. The molecule has 0 aliphatic carbocycles.